The Morgan fingerprint density at radius 2 is 1.96 bits per heavy atom. The van der Waals surface area contributed by atoms with Gasteiger partial charge < -0.3 is 14.8 Å². The number of carbonyl (C=O) groups is 2. The van der Waals surface area contributed by atoms with Crippen LogP contribution < -0.4 is 10.1 Å². The zero-order chi connectivity index (χ0) is 16.5. The Balaban J connectivity index is 1.64. The fourth-order valence-corrected chi connectivity index (χ4v) is 2.03. The fraction of sp³-hybridized carbons (Fsp3) is 0.188. The van der Waals surface area contributed by atoms with Crippen molar-refractivity contribution in [2.75, 3.05) is 19.8 Å². The van der Waals surface area contributed by atoms with Crippen molar-refractivity contribution < 1.29 is 19.1 Å². The highest BCUT2D eigenvalue weighted by molar-refractivity contribution is 9.10. The number of hydrogen-bond donors (Lipinski definition) is 1. The number of amides is 1. The second-order valence-electron chi connectivity index (χ2n) is 4.48. The van der Waals surface area contributed by atoms with E-state index in [0.717, 1.165) is 5.75 Å². The molecule has 23 heavy (non-hydrogen) atoms. The van der Waals surface area contributed by atoms with Crippen LogP contribution in [0.25, 0.3) is 0 Å². The molecule has 1 heterocycles. The third-order valence-corrected chi connectivity index (χ3v) is 3.14. The van der Waals surface area contributed by atoms with Gasteiger partial charge in [0.25, 0.3) is 5.91 Å². The number of nitrogens with zero attached hydrogens (tertiary/aromatic N) is 1. The highest BCUT2D eigenvalue weighted by atomic mass is 79.9. The van der Waals surface area contributed by atoms with Crippen molar-refractivity contribution in [3.8, 4) is 5.75 Å². The summed E-state index contributed by atoms with van der Waals surface area (Å²) in [5.74, 6) is -0.261. The monoisotopic (exact) mass is 378 g/mol. The van der Waals surface area contributed by atoms with Gasteiger partial charge in [-0.15, -0.1) is 0 Å². The van der Waals surface area contributed by atoms with Crippen molar-refractivity contribution in [2.45, 2.75) is 0 Å². The minimum Gasteiger partial charge on any atom is -0.492 e. The van der Waals surface area contributed by atoms with Gasteiger partial charge in [0, 0.05) is 16.9 Å². The van der Waals surface area contributed by atoms with E-state index in [9.17, 15) is 9.59 Å². The maximum Gasteiger partial charge on any atom is 0.340 e. The summed E-state index contributed by atoms with van der Waals surface area (Å²) < 4.78 is 11.0. The highest BCUT2D eigenvalue weighted by Gasteiger charge is 2.10. The minimum absolute atomic E-state index is 0.277. The van der Waals surface area contributed by atoms with Gasteiger partial charge in [0.2, 0.25) is 0 Å². The standard InChI is InChI=1S/C16H15BrN2O4/c17-13-8-12(9-18-10-13)16(21)23-11-15(20)19-6-7-22-14-4-2-1-3-5-14/h1-5,8-10H,6-7,11H2,(H,19,20). The second kappa shape index (κ2) is 8.89. The van der Waals surface area contributed by atoms with Crippen molar-refractivity contribution >= 4 is 27.8 Å². The lowest BCUT2D eigenvalue weighted by molar-refractivity contribution is -0.124. The van der Waals surface area contributed by atoms with E-state index in [1.54, 1.807) is 12.3 Å². The largest absolute Gasteiger partial charge is 0.492 e. The average molecular weight is 379 g/mol. The van der Waals surface area contributed by atoms with E-state index in [-0.39, 0.29) is 12.2 Å². The van der Waals surface area contributed by atoms with Crippen LogP contribution in [0.2, 0.25) is 0 Å². The number of rotatable bonds is 7. The van der Waals surface area contributed by atoms with Crippen LogP contribution in [0.5, 0.6) is 5.75 Å². The van der Waals surface area contributed by atoms with E-state index < -0.39 is 11.9 Å². The molecule has 0 saturated carbocycles. The van der Waals surface area contributed by atoms with Crippen LogP contribution in [0, 0.1) is 0 Å². The number of pyridine rings is 1. The summed E-state index contributed by atoms with van der Waals surface area (Å²) >= 11 is 3.21. The fourth-order valence-electron chi connectivity index (χ4n) is 1.67. The first-order valence-electron chi connectivity index (χ1n) is 6.87. The Labute approximate surface area is 142 Å². The average Bonchev–Trinajstić information content (AvgIpc) is 2.57. The molecule has 1 amide bonds. The first-order chi connectivity index (χ1) is 11.1. The molecular weight excluding hydrogens is 364 g/mol. The molecule has 0 aliphatic carbocycles. The summed E-state index contributed by atoms with van der Waals surface area (Å²) in [6.07, 6.45) is 2.93. The van der Waals surface area contributed by atoms with Crippen LogP contribution in [0.4, 0.5) is 0 Å². The van der Waals surface area contributed by atoms with Gasteiger partial charge in [-0.3, -0.25) is 9.78 Å². The lowest BCUT2D eigenvalue weighted by atomic mass is 10.3. The molecular formula is C16H15BrN2O4. The first kappa shape index (κ1) is 17.0. The number of esters is 1. The zero-order valence-electron chi connectivity index (χ0n) is 12.2. The summed E-state index contributed by atoms with van der Waals surface area (Å²) in [5, 5.41) is 2.61. The Kier molecular flexibility index (Phi) is 6.56. The first-order valence-corrected chi connectivity index (χ1v) is 7.66. The van der Waals surface area contributed by atoms with E-state index in [1.165, 1.54) is 6.20 Å². The molecule has 0 spiro atoms. The number of hydrogen-bond acceptors (Lipinski definition) is 5. The van der Waals surface area contributed by atoms with E-state index >= 15 is 0 Å². The van der Waals surface area contributed by atoms with Crippen molar-refractivity contribution in [2.24, 2.45) is 0 Å². The van der Waals surface area contributed by atoms with Gasteiger partial charge in [-0.1, -0.05) is 18.2 Å². The SMILES string of the molecule is O=C(COC(=O)c1cncc(Br)c1)NCCOc1ccccc1. The van der Waals surface area contributed by atoms with Gasteiger partial charge in [-0.25, -0.2) is 4.79 Å². The smallest absolute Gasteiger partial charge is 0.340 e. The third-order valence-electron chi connectivity index (χ3n) is 2.71. The van der Waals surface area contributed by atoms with Gasteiger partial charge in [0.15, 0.2) is 6.61 Å². The van der Waals surface area contributed by atoms with Crippen LogP contribution in [0.1, 0.15) is 10.4 Å². The van der Waals surface area contributed by atoms with Crippen molar-refractivity contribution in [3.05, 3.63) is 58.8 Å². The molecule has 0 fully saturated rings. The molecule has 2 aromatic rings. The Bertz CT molecular complexity index is 664. The van der Waals surface area contributed by atoms with Crippen LogP contribution in [-0.4, -0.2) is 36.6 Å². The summed E-state index contributed by atoms with van der Waals surface area (Å²) in [4.78, 5) is 27.2. The van der Waals surface area contributed by atoms with Gasteiger partial charge in [-0.2, -0.15) is 0 Å². The predicted molar refractivity (Wildman–Crippen MR) is 87.2 cm³/mol. The van der Waals surface area contributed by atoms with E-state index in [1.807, 2.05) is 30.3 Å². The zero-order valence-corrected chi connectivity index (χ0v) is 13.8. The molecule has 0 atom stereocenters. The van der Waals surface area contributed by atoms with Crippen LogP contribution in [-0.2, 0) is 9.53 Å². The minimum atomic E-state index is -0.602. The number of benzene rings is 1. The van der Waals surface area contributed by atoms with Crippen molar-refractivity contribution in [1.82, 2.24) is 10.3 Å². The molecule has 0 saturated heterocycles. The second-order valence-corrected chi connectivity index (χ2v) is 5.40. The van der Waals surface area contributed by atoms with Crippen LogP contribution >= 0.6 is 15.9 Å². The molecule has 0 bridgehead atoms. The van der Waals surface area contributed by atoms with Gasteiger partial charge in [0.1, 0.15) is 12.4 Å². The number of carbonyl (C=O) groups excluding carboxylic acids is 2. The molecule has 1 N–H and O–H groups in total. The normalized spacial score (nSPS) is 9.96. The molecule has 1 aromatic heterocycles. The highest BCUT2D eigenvalue weighted by Crippen LogP contribution is 2.10. The lowest BCUT2D eigenvalue weighted by Gasteiger charge is -2.08. The molecule has 1 aromatic carbocycles. The summed E-state index contributed by atoms with van der Waals surface area (Å²) in [6, 6.07) is 10.9. The molecule has 6 nitrogen and oxygen atoms in total. The number of ether oxygens (including phenoxy) is 2. The molecule has 7 heteroatoms. The Morgan fingerprint density at radius 1 is 1.17 bits per heavy atom. The van der Waals surface area contributed by atoms with Crippen LogP contribution in [0.15, 0.2) is 53.3 Å². The van der Waals surface area contributed by atoms with Gasteiger partial charge in [-0.05, 0) is 34.1 Å². The van der Waals surface area contributed by atoms with E-state index in [2.05, 4.69) is 26.2 Å². The molecule has 0 radical (unpaired) electrons. The molecule has 0 unspecified atom stereocenters. The molecule has 0 aliphatic heterocycles. The summed E-state index contributed by atoms with van der Waals surface area (Å²) in [6.45, 7) is 0.305. The van der Waals surface area contributed by atoms with Crippen molar-refractivity contribution in [3.63, 3.8) is 0 Å². The van der Waals surface area contributed by atoms with Gasteiger partial charge >= 0.3 is 5.97 Å². The quantitative estimate of drug-likeness (QED) is 0.590. The summed E-state index contributed by atoms with van der Waals surface area (Å²) in [5.41, 5.74) is 0.277. The number of para-hydroxylation sites is 1. The molecule has 2 rings (SSSR count). The van der Waals surface area contributed by atoms with Gasteiger partial charge in [0.05, 0.1) is 12.1 Å². The maximum absolute atomic E-state index is 11.7. The topological polar surface area (TPSA) is 77.5 Å². The molecule has 0 aliphatic rings. The number of aromatic nitrogens is 1. The third kappa shape index (κ3) is 6.07. The summed E-state index contributed by atoms with van der Waals surface area (Å²) in [7, 11) is 0. The predicted octanol–water partition coefficient (Wildman–Crippen LogP) is 2.20. The van der Waals surface area contributed by atoms with E-state index in [0.29, 0.717) is 17.6 Å². The Hall–Kier alpha value is -2.41. The number of halogens is 1. The number of nitrogens with one attached hydrogen (secondary N) is 1. The van der Waals surface area contributed by atoms with Crippen molar-refractivity contribution in [1.29, 1.82) is 0 Å². The Morgan fingerprint density at radius 3 is 2.70 bits per heavy atom. The van der Waals surface area contributed by atoms with E-state index in [4.69, 9.17) is 9.47 Å². The maximum atomic E-state index is 11.7. The van der Waals surface area contributed by atoms with Crippen LogP contribution in [0.3, 0.4) is 0 Å². The molecule has 120 valence electrons. The lowest BCUT2D eigenvalue weighted by Crippen LogP contribution is -2.32.